The van der Waals surface area contributed by atoms with Gasteiger partial charge in [-0.05, 0) is 53.6 Å². The van der Waals surface area contributed by atoms with Gasteiger partial charge >= 0.3 is 0 Å². The Hall–Kier alpha value is -1.90. The maximum Gasteiger partial charge on any atom is 0.252 e. The van der Waals surface area contributed by atoms with E-state index in [0.717, 1.165) is 0 Å². The number of allylic oxidation sites excluding steroid dienone is 1. The summed E-state index contributed by atoms with van der Waals surface area (Å²) in [4.78, 5) is 23.2. The third-order valence-electron chi connectivity index (χ3n) is 2.72. The van der Waals surface area contributed by atoms with Gasteiger partial charge in [0.05, 0.1) is 0 Å². The number of rotatable bonds is 4. The zero-order valence-corrected chi connectivity index (χ0v) is 11.9. The van der Waals surface area contributed by atoms with Crippen LogP contribution in [-0.2, 0) is 0 Å². The molecule has 0 saturated carbocycles. The van der Waals surface area contributed by atoms with Crippen molar-refractivity contribution in [2.45, 2.75) is 0 Å². The van der Waals surface area contributed by atoms with E-state index in [2.05, 4.69) is 0 Å². The molecule has 0 atom stereocenters. The van der Waals surface area contributed by atoms with E-state index in [4.69, 9.17) is 23.2 Å². The number of hydrogen-bond acceptors (Lipinski definition) is 2. The highest BCUT2D eigenvalue weighted by molar-refractivity contribution is 6.68. The van der Waals surface area contributed by atoms with Crippen molar-refractivity contribution >= 4 is 40.3 Å². The molecule has 0 radical (unpaired) electrons. The quantitative estimate of drug-likeness (QED) is 0.469. The van der Waals surface area contributed by atoms with Gasteiger partial charge in [0, 0.05) is 16.1 Å². The van der Waals surface area contributed by atoms with Crippen molar-refractivity contribution in [1.82, 2.24) is 0 Å². The standard InChI is InChI=1S/C16H10Cl2O2/c17-13-8-5-12(6-9-13)15(19)10-7-11-3-1-2-4-14(11)16(18)20/h1-10H. The molecule has 0 amide bonds. The van der Waals surface area contributed by atoms with Gasteiger partial charge in [0.25, 0.3) is 5.24 Å². The van der Waals surface area contributed by atoms with Crippen molar-refractivity contribution < 1.29 is 9.59 Å². The lowest BCUT2D eigenvalue weighted by Gasteiger charge is -2.00. The average Bonchev–Trinajstić information content (AvgIpc) is 2.45. The van der Waals surface area contributed by atoms with Gasteiger partial charge in [-0.3, -0.25) is 9.59 Å². The number of halogens is 2. The van der Waals surface area contributed by atoms with Gasteiger partial charge in [0.1, 0.15) is 0 Å². The van der Waals surface area contributed by atoms with Gasteiger partial charge in [0.2, 0.25) is 0 Å². The summed E-state index contributed by atoms with van der Waals surface area (Å²) in [7, 11) is 0. The van der Waals surface area contributed by atoms with Crippen LogP contribution < -0.4 is 0 Å². The van der Waals surface area contributed by atoms with E-state index in [-0.39, 0.29) is 5.78 Å². The van der Waals surface area contributed by atoms with Crippen LogP contribution in [0.4, 0.5) is 0 Å². The molecular formula is C16H10Cl2O2. The van der Waals surface area contributed by atoms with Crippen molar-refractivity contribution in [1.29, 1.82) is 0 Å². The lowest BCUT2D eigenvalue weighted by molar-refractivity contribution is 0.104. The molecule has 4 heteroatoms. The Kier molecular flexibility index (Phi) is 4.72. The molecule has 0 aliphatic rings. The van der Waals surface area contributed by atoms with Crippen LogP contribution in [0.5, 0.6) is 0 Å². The monoisotopic (exact) mass is 304 g/mol. The molecule has 2 aromatic rings. The molecular weight excluding hydrogens is 295 g/mol. The van der Waals surface area contributed by atoms with Crippen molar-refractivity contribution in [3.05, 3.63) is 76.3 Å². The zero-order chi connectivity index (χ0) is 14.5. The summed E-state index contributed by atoms with van der Waals surface area (Å²) in [5.74, 6) is -0.168. The van der Waals surface area contributed by atoms with E-state index in [9.17, 15) is 9.59 Å². The van der Waals surface area contributed by atoms with Crippen LogP contribution in [-0.4, -0.2) is 11.0 Å². The molecule has 0 heterocycles. The molecule has 20 heavy (non-hydrogen) atoms. The van der Waals surface area contributed by atoms with Gasteiger partial charge in [-0.15, -0.1) is 0 Å². The van der Waals surface area contributed by atoms with E-state index < -0.39 is 5.24 Å². The lowest BCUT2D eigenvalue weighted by atomic mass is 10.1. The lowest BCUT2D eigenvalue weighted by Crippen LogP contribution is -1.95. The highest BCUT2D eigenvalue weighted by Gasteiger charge is 2.06. The fourth-order valence-corrected chi connectivity index (χ4v) is 2.00. The van der Waals surface area contributed by atoms with Gasteiger partial charge in [0.15, 0.2) is 5.78 Å². The second kappa shape index (κ2) is 6.51. The first-order valence-corrected chi connectivity index (χ1v) is 6.60. The molecule has 0 aromatic heterocycles. The molecule has 100 valence electrons. The molecule has 2 rings (SSSR count). The van der Waals surface area contributed by atoms with E-state index in [1.165, 1.54) is 6.08 Å². The predicted octanol–water partition coefficient (Wildman–Crippen LogP) is 4.62. The zero-order valence-electron chi connectivity index (χ0n) is 10.3. The third-order valence-corrected chi connectivity index (χ3v) is 3.17. The summed E-state index contributed by atoms with van der Waals surface area (Å²) in [5.41, 5.74) is 1.50. The molecule has 0 unspecified atom stereocenters. The molecule has 0 N–H and O–H groups in total. The molecule has 0 aliphatic heterocycles. The maximum atomic E-state index is 12.0. The van der Waals surface area contributed by atoms with Crippen LogP contribution in [0.1, 0.15) is 26.3 Å². The van der Waals surface area contributed by atoms with Crippen LogP contribution in [0.25, 0.3) is 6.08 Å². The minimum Gasteiger partial charge on any atom is -0.289 e. The number of benzene rings is 2. The van der Waals surface area contributed by atoms with Crippen LogP contribution in [0, 0.1) is 0 Å². The van der Waals surface area contributed by atoms with Gasteiger partial charge in [-0.25, -0.2) is 0 Å². The van der Waals surface area contributed by atoms with Crippen molar-refractivity contribution in [3.8, 4) is 0 Å². The predicted molar refractivity (Wildman–Crippen MR) is 81.4 cm³/mol. The second-order valence-corrected chi connectivity index (χ2v) is 4.85. The number of carbonyl (C=O) groups is 2. The first kappa shape index (κ1) is 14.5. The van der Waals surface area contributed by atoms with Crippen LogP contribution >= 0.6 is 23.2 Å². The molecule has 0 bridgehead atoms. The largest absolute Gasteiger partial charge is 0.289 e. The summed E-state index contributed by atoms with van der Waals surface area (Å²) in [6, 6.07) is 13.4. The van der Waals surface area contributed by atoms with Crippen molar-refractivity contribution in [2.75, 3.05) is 0 Å². The highest BCUT2D eigenvalue weighted by atomic mass is 35.5. The van der Waals surface area contributed by atoms with E-state index >= 15 is 0 Å². The molecule has 2 aromatic carbocycles. The Morgan fingerprint density at radius 1 is 0.950 bits per heavy atom. The Morgan fingerprint density at radius 2 is 1.60 bits per heavy atom. The minimum atomic E-state index is -0.552. The normalized spacial score (nSPS) is 10.7. The summed E-state index contributed by atoms with van der Waals surface area (Å²) < 4.78 is 0. The fourth-order valence-electron chi connectivity index (χ4n) is 1.70. The smallest absolute Gasteiger partial charge is 0.252 e. The van der Waals surface area contributed by atoms with E-state index in [0.29, 0.717) is 21.7 Å². The maximum absolute atomic E-state index is 12.0. The summed E-state index contributed by atoms with van der Waals surface area (Å²) >= 11 is 11.2. The summed E-state index contributed by atoms with van der Waals surface area (Å²) in [5, 5.41) is 0.0211. The highest BCUT2D eigenvalue weighted by Crippen LogP contribution is 2.15. The Labute approximate surface area is 126 Å². The molecule has 0 saturated heterocycles. The number of ketones is 1. The Bertz CT molecular complexity index is 673. The van der Waals surface area contributed by atoms with E-state index in [1.54, 1.807) is 54.6 Å². The molecule has 0 spiro atoms. The number of hydrogen-bond donors (Lipinski definition) is 0. The van der Waals surface area contributed by atoms with Crippen molar-refractivity contribution in [3.63, 3.8) is 0 Å². The second-order valence-electron chi connectivity index (χ2n) is 4.07. The molecule has 0 aliphatic carbocycles. The average molecular weight is 305 g/mol. The van der Waals surface area contributed by atoms with Crippen LogP contribution in [0.15, 0.2) is 54.6 Å². The van der Waals surface area contributed by atoms with Gasteiger partial charge < -0.3 is 0 Å². The van der Waals surface area contributed by atoms with Crippen LogP contribution in [0.3, 0.4) is 0 Å². The SMILES string of the molecule is O=C(C=Cc1ccccc1C(=O)Cl)c1ccc(Cl)cc1. The Balaban J connectivity index is 2.23. The molecule has 0 fully saturated rings. The van der Waals surface area contributed by atoms with Crippen molar-refractivity contribution in [2.24, 2.45) is 0 Å². The molecule has 2 nitrogen and oxygen atoms in total. The summed E-state index contributed by atoms with van der Waals surface area (Å²) in [6.45, 7) is 0. The first-order chi connectivity index (χ1) is 9.58. The topological polar surface area (TPSA) is 34.1 Å². The van der Waals surface area contributed by atoms with E-state index in [1.807, 2.05) is 0 Å². The Morgan fingerprint density at radius 3 is 2.25 bits per heavy atom. The summed E-state index contributed by atoms with van der Waals surface area (Å²) in [6.07, 6.45) is 2.98. The van der Waals surface area contributed by atoms with Gasteiger partial charge in [-0.1, -0.05) is 35.9 Å². The first-order valence-electron chi connectivity index (χ1n) is 5.85. The number of carbonyl (C=O) groups excluding carboxylic acids is 2. The fraction of sp³-hybridized carbons (Fsp3) is 0. The minimum absolute atomic E-state index is 0.168. The van der Waals surface area contributed by atoms with Crippen LogP contribution in [0.2, 0.25) is 5.02 Å². The van der Waals surface area contributed by atoms with Gasteiger partial charge in [-0.2, -0.15) is 0 Å². The third kappa shape index (κ3) is 3.56.